The molecule has 0 aliphatic rings. The van der Waals surface area contributed by atoms with Crippen molar-refractivity contribution in [2.75, 3.05) is 7.05 Å². The van der Waals surface area contributed by atoms with Gasteiger partial charge in [-0.05, 0) is 50.3 Å². The molecule has 150 valence electrons. The highest BCUT2D eigenvalue weighted by atomic mass is 35.5. The predicted octanol–water partition coefficient (Wildman–Crippen LogP) is 6.36. The van der Waals surface area contributed by atoms with Crippen LogP contribution in [0.2, 0.25) is 5.02 Å². The van der Waals surface area contributed by atoms with Gasteiger partial charge in [-0.25, -0.2) is 4.99 Å². The highest BCUT2D eigenvalue weighted by Crippen LogP contribution is 2.39. The fourth-order valence-electron chi connectivity index (χ4n) is 2.36. The van der Waals surface area contributed by atoms with Crippen molar-refractivity contribution < 1.29 is 4.74 Å². The molecule has 1 aromatic carbocycles. The van der Waals surface area contributed by atoms with Crippen LogP contribution in [0.3, 0.4) is 0 Å². The minimum Gasteiger partial charge on any atom is -0.442 e. The Labute approximate surface area is 176 Å². The van der Waals surface area contributed by atoms with E-state index in [0.717, 1.165) is 16.9 Å². The Kier molecular flexibility index (Phi) is 7.08. The quantitative estimate of drug-likeness (QED) is 0.404. The Morgan fingerprint density at radius 2 is 2.07 bits per heavy atom. The molecular weight excluding hydrogens is 392 g/mol. The van der Waals surface area contributed by atoms with Gasteiger partial charge in [0.25, 0.3) is 0 Å². The van der Waals surface area contributed by atoms with Gasteiger partial charge in [-0.15, -0.1) is 0 Å². The molecule has 0 bridgehead atoms. The molecule has 2 rings (SSSR count). The van der Waals surface area contributed by atoms with E-state index in [1.807, 2.05) is 24.9 Å². The van der Waals surface area contributed by atoms with E-state index in [-0.39, 0.29) is 5.41 Å². The van der Waals surface area contributed by atoms with Gasteiger partial charge in [0.2, 0.25) is 5.06 Å². The number of rotatable bonds is 6. The van der Waals surface area contributed by atoms with Crippen LogP contribution in [-0.2, 0) is 6.42 Å². The zero-order chi connectivity index (χ0) is 21.1. The zero-order valence-electron chi connectivity index (χ0n) is 17.5. The van der Waals surface area contributed by atoms with E-state index in [1.54, 1.807) is 12.4 Å². The molecule has 5 nitrogen and oxygen atoms in total. The van der Waals surface area contributed by atoms with Gasteiger partial charge in [-0.1, -0.05) is 32.4 Å². The Morgan fingerprint density at radius 3 is 2.64 bits per heavy atom. The molecular formula is C21H27ClN4OS. The zero-order valence-corrected chi connectivity index (χ0v) is 19.1. The summed E-state index contributed by atoms with van der Waals surface area (Å²) >= 11 is 7.61. The molecule has 28 heavy (non-hydrogen) atoms. The number of benzene rings is 1. The van der Waals surface area contributed by atoms with E-state index >= 15 is 0 Å². The van der Waals surface area contributed by atoms with E-state index in [2.05, 4.69) is 50.1 Å². The standard InChI is InChI=1S/C21H27ClN4OS/c1-13(2)26(7)12-24-17-9-16(22)19(8-14(17)3)27-20-15(11-23)18(25-28-20)10-21(4,5)6/h8-9,12-13H,10H2,1-7H3. The van der Waals surface area contributed by atoms with Crippen molar-refractivity contribution >= 4 is 35.2 Å². The van der Waals surface area contributed by atoms with Crippen molar-refractivity contribution in [2.24, 2.45) is 10.4 Å². The van der Waals surface area contributed by atoms with Crippen molar-refractivity contribution in [1.29, 1.82) is 5.26 Å². The average molecular weight is 419 g/mol. The Balaban J connectivity index is 2.29. The Hall–Kier alpha value is -2.10. The van der Waals surface area contributed by atoms with Crippen molar-refractivity contribution in [1.82, 2.24) is 9.27 Å². The third-order valence-corrected chi connectivity index (χ3v) is 5.25. The SMILES string of the molecule is Cc1cc(Oc2snc(CC(C)(C)C)c2C#N)c(Cl)cc1N=CN(C)C(C)C. The molecule has 0 fully saturated rings. The van der Waals surface area contributed by atoms with Gasteiger partial charge >= 0.3 is 0 Å². The van der Waals surface area contributed by atoms with Crippen LogP contribution in [-0.4, -0.2) is 28.7 Å². The van der Waals surface area contributed by atoms with Crippen LogP contribution in [0.15, 0.2) is 17.1 Å². The fraction of sp³-hybridized carbons (Fsp3) is 0.476. The minimum absolute atomic E-state index is 0.0357. The Morgan fingerprint density at radius 1 is 1.39 bits per heavy atom. The second kappa shape index (κ2) is 8.93. The lowest BCUT2D eigenvalue weighted by molar-refractivity contribution is 0.406. The summed E-state index contributed by atoms with van der Waals surface area (Å²) in [5, 5.41) is 10.5. The van der Waals surface area contributed by atoms with Gasteiger partial charge in [-0.3, -0.25) is 0 Å². The summed E-state index contributed by atoms with van der Waals surface area (Å²) in [5.74, 6) is 0.498. The highest BCUT2D eigenvalue weighted by molar-refractivity contribution is 7.08. The second-order valence-electron chi connectivity index (χ2n) is 8.32. The lowest BCUT2D eigenvalue weighted by atomic mass is 9.89. The van der Waals surface area contributed by atoms with E-state index in [1.165, 1.54) is 11.5 Å². The molecule has 0 unspecified atom stereocenters. The van der Waals surface area contributed by atoms with Crippen LogP contribution < -0.4 is 4.74 Å². The monoisotopic (exact) mass is 418 g/mol. The third kappa shape index (κ3) is 5.70. The van der Waals surface area contributed by atoms with Gasteiger partial charge in [0.05, 0.1) is 22.7 Å². The fourth-order valence-corrected chi connectivity index (χ4v) is 3.28. The highest BCUT2D eigenvalue weighted by Gasteiger charge is 2.22. The van der Waals surface area contributed by atoms with Crippen molar-refractivity contribution in [3.63, 3.8) is 0 Å². The maximum atomic E-state index is 9.58. The summed E-state index contributed by atoms with van der Waals surface area (Å²) in [4.78, 5) is 6.53. The van der Waals surface area contributed by atoms with E-state index in [4.69, 9.17) is 16.3 Å². The summed E-state index contributed by atoms with van der Waals surface area (Å²) in [7, 11) is 1.98. The number of nitrogens with zero attached hydrogens (tertiary/aromatic N) is 4. The van der Waals surface area contributed by atoms with Gasteiger partial charge in [-0.2, -0.15) is 9.64 Å². The molecule has 2 aromatic rings. The topological polar surface area (TPSA) is 61.5 Å². The van der Waals surface area contributed by atoms with Crippen molar-refractivity contribution in [3.05, 3.63) is 34.0 Å². The van der Waals surface area contributed by atoms with Crippen molar-refractivity contribution in [3.8, 4) is 16.9 Å². The van der Waals surface area contributed by atoms with Crippen LogP contribution in [0.1, 0.15) is 51.4 Å². The number of halogens is 1. The van der Waals surface area contributed by atoms with Crippen LogP contribution in [0.5, 0.6) is 10.8 Å². The first-order valence-electron chi connectivity index (χ1n) is 9.14. The molecule has 0 atom stereocenters. The van der Waals surface area contributed by atoms with E-state index in [9.17, 15) is 5.26 Å². The van der Waals surface area contributed by atoms with Crippen LogP contribution in [0.4, 0.5) is 5.69 Å². The molecule has 7 heteroatoms. The van der Waals surface area contributed by atoms with Crippen LogP contribution in [0.25, 0.3) is 0 Å². The first-order valence-corrected chi connectivity index (χ1v) is 10.3. The number of aromatic nitrogens is 1. The summed E-state index contributed by atoms with van der Waals surface area (Å²) in [6.07, 6.45) is 2.50. The van der Waals surface area contributed by atoms with Crippen LogP contribution >= 0.6 is 23.1 Å². The van der Waals surface area contributed by atoms with Gasteiger partial charge in [0.15, 0.2) is 0 Å². The number of hydrogen-bond donors (Lipinski definition) is 0. The number of aliphatic imine (C=N–C) groups is 1. The molecule has 0 aliphatic heterocycles. The average Bonchev–Trinajstić information content (AvgIpc) is 2.95. The molecule has 0 spiro atoms. The Bertz CT molecular complexity index is 906. The number of nitriles is 1. The molecule has 1 heterocycles. The number of ether oxygens (including phenoxy) is 1. The van der Waals surface area contributed by atoms with E-state index < -0.39 is 0 Å². The molecule has 1 aromatic heterocycles. The lowest BCUT2D eigenvalue weighted by Gasteiger charge is -2.17. The number of hydrogen-bond acceptors (Lipinski definition) is 5. The molecule has 0 saturated heterocycles. The summed E-state index contributed by atoms with van der Waals surface area (Å²) in [6, 6.07) is 6.21. The summed E-state index contributed by atoms with van der Waals surface area (Å²) in [5.41, 5.74) is 3.00. The lowest BCUT2D eigenvalue weighted by Crippen LogP contribution is -2.24. The normalized spacial score (nSPS) is 11.9. The van der Waals surface area contributed by atoms with Gasteiger partial charge in [0, 0.05) is 24.6 Å². The first-order chi connectivity index (χ1) is 13.0. The smallest absolute Gasteiger partial charge is 0.218 e. The first kappa shape index (κ1) is 22.2. The molecule has 0 radical (unpaired) electrons. The summed E-state index contributed by atoms with van der Waals surface area (Å²) in [6.45, 7) is 12.5. The number of aryl methyl sites for hydroxylation is 1. The minimum atomic E-state index is 0.0357. The second-order valence-corrected chi connectivity index (χ2v) is 9.46. The van der Waals surface area contributed by atoms with E-state index in [0.29, 0.717) is 33.9 Å². The predicted molar refractivity (Wildman–Crippen MR) is 117 cm³/mol. The van der Waals surface area contributed by atoms with Crippen molar-refractivity contribution in [2.45, 2.75) is 54.0 Å². The maximum absolute atomic E-state index is 9.58. The third-order valence-electron chi connectivity index (χ3n) is 4.19. The molecule has 0 aliphatic carbocycles. The van der Waals surface area contributed by atoms with Gasteiger partial charge in [0.1, 0.15) is 17.4 Å². The van der Waals surface area contributed by atoms with Crippen LogP contribution in [0, 0.1) is 23.7 Å². The van der Waals surface area contributed by atoms with Gasteiger partial charge < -0.3 is 9.64 Å². The molecule has 0 amide bonds. The molecule has 0 N–H and O–H groups in total. The largest absolute Gasteiger partial charge is 0.442 e. The maximum Gasteiger partial charge on any atom is 0.218 e. The summed E-state index contributed by atoms with van der Waals surface area (Å²) < 4.78 is 10.4. The molecule has 0 saturated carbocycles.